The molecule has 106 valence electrons. The summed E-state index contributed by atoms with van der Waals surface area (Å²) in [5, 5.41) is 4.02. The van der Waals surface area contributed by atoms with Gasteiger partial charge in [0.15, 0.2) is 0 Å². The van der Waals surface area contributed by atoms with E-state index in [-0.39, 0.29) is 0 Å². The molecule has 20 heavy (non-hydrogen) atoms. The van der Waals surface area contributed by atoms with Gasteiger partial charge in [-0.05, 0) is 31.2 Å². The molecule has 0 aromatic heterocycles. The van der Waals surface area contributed by atoms with Crippen molar-refractivity contribution in [1.29, 1.82) is 0 Å². The van der Waals surface area contributed by atoms with Crippen LogP contribution in [0.5, 0.6) is 0 Å². The first-order chi connectivity index (χ1) is 9.76. The summed E-state index contributed by atoms with van der Waals surface area (Å²) in [6, 6.07) is 16.6. The van der Waals surface area contributed by atoms with Crippen LogP contribution in [-0.2, 0) is 13.1 Å². The van der Waals surface area contributed by atoms with Crippen molar-refractivity contribution in [2.75, 3.05) is 18.5 Å². The minimum absolute atomic E-state index is 0.815. The minimum atomic E-state index is 0.815. The van der Waals surface area contributed by atoms with Crippen molar-refractivity contribution >= 4 is 17.3 Å². The highest BCUT2D eigenvalue weighted by Gasteiger charge is 2.13. The van der Waals surface area contributed by atoms with Crippen molar-refractivity contribution in [3.05, 3.63) is 64.7 Å². The maximum Gasteiger partial charge on any atom is 0.0643 e. The first-order valence-corrected chi connectivity index (χ1v) is 7.35. The van der Waals surface area contributed by atoms with Gasteiger partial charge in [0, 0.05) is 19.6 Å². The zero-order chi connectivity index (χ0) is 14.4. The van der Waals surface area contributed by atoms with Crippen LogP contribution in [-0.4, -0.2) is 13.6 Å². The zero-order valence-electron chi connectivity index (χ0n) is 12.1. The molecule has 0 aliphatic heterocycles. The summed E-state index contributed by atoms with van der Waals surface area (Å²) in [4.78, 5) is 2.32. The van der Waals surface area contributed by atoms with Gasteiger partial charge in [0.25, 0.3) is 0 Å². The Morgan fingerprint density at radius 2 is 1.80 bits per heavy atom. The molecule has 0 radical (unpaired) electrons. The van der Waals surface area contributed by atoms with Gasteiger partial charge in [-0.15, -0.1) is 0 Å². The van der Waals surface area contributed by atoms with Gasteiger partial charge < -0.3 is 10.2 Å². The molecule has 1 N–H and O–H groups in total. The Kier molecular flexibility index (Phi) is 5.45. The third-order valence-corrected chi connectivity index (χ3v) is 3.66. The third-order valence-electron chi connectivity index (χ3n) is 3.35. The maximum absolute atomic E-state index is 6.44. The molecule has 0 spiro atoms. The molecule has 0 fully saturated rings. The summed E-state index contributed by atoms with van der Waals surface area (Å²) in [6.45, 7) is 4.78. The summed E-state index contributed by atoms with van der Waals surface area (Å²) < 4.78 is 0. The molecule has 0 unspecified atom stereocenters. The number of hydrogen-bond donors (Lipinski definition) is 1. The van der Waals surface area contributed by atoms with Crippen LogP contribution in [0.25, 0.3) is 0 Å². The molecule has 0 heterocycles. The van der Waals surface area contributed by atoms with Crippen molar-refractivity contribution in [3.8, 4) is 0 Å². The van der Waals surface area contributed by atoms with Crippen molar-refractivity contribution in [1.82, 2.24) is 5.32 Å². The quantitative estimate of drug-likeness (QED) is 0.861. The lowest BCUT2D eigenvalue weighted by atomic mass is 10.1. The lowest BCUT2D eigenvalue weighted by Crippen LogP contribution is -2.24. The molecule has 2 nitrogen and oxygen atoms in total. The highest BCUT2D eigenvalue weighted by atomic mass is 35.5. The Bertz CT molecular complexity index is 540. The van der Waals surface area contributed by atoms with E-state index in [0.717, 1.165) is 30.3 Å². The topological polar surface area (TPSA) is 15.3 Å². The number of hydrogen-bond acceptors (Lipinski definition) is 2. The minimum Gasteiger partial charge on any atom is -0.366 e. The number of para-hydroxylation sites is 1. The summed E-state index contributed by atoms with van der Waals surface area (Å²) in [5.74, 6) is 0. The van der Waals surface area contributed by atoms with Gasteiger partial charge in [-0.25, -0.2) is 0 Å². The monoisotopic (exact) mass is 288 g/mol. The van der Waals surface area contributed by atoms with Gasteiger partial charge in [0.2, 0.25) is 0 Å². The van der Waals surface area contributed by atoms with Gasteiger partial charge >= 0.3 is 0 Å². The predicted molar refractivity (Wildman–Crippen MR) is 87.4 cm³/mol. The number of nitrogens with one attached hydrogen (secondary N) is 1. The molecule has 0 bridgehead atoms. The molecule has 3 heteroatoms. The van der Waals surface area contributed by atoms with E-state index in [1.165, 1.54) is 11.1 Å². The number of nitrogens with zero attached hydrogens (tertiary/aromatic N) is 1. The normalized spacial score (nSPS) is 10.6. The maximum atomic E-state index is 6.44. The second-order valence-corrected chi connectivity index (χ2v) is 5.18. The van der Waals surface area contributed by atoms with E-state index in [2.05, 4.69) is 47.5 Å². The fourth-order valence-electron chi connectivity index (χ4n) is 2.40. The lowest BCUT2D eigenvalue weighted by molar-refractivity contribution is 0.785. The largest absolute Gasteiger partial charge is 0.366 e. The summed E-state index contributed by atoms with van der Waals surface area (Å²) in [5.41, 5.74) is 3.66. The molecule has 0 saturated heterocycles. The van der Waals surface area contributed by atoms with E-state index in [1.54, 1.807) is 0 Å². The number of benzene rings is 2. The molecule has 0 amide bonds. The Morgan fingerprint density at radius 3 is 2.45 bits per heavy atom. The number of halogens is 1. The van der Waals surface area contributed by atoms with Crippen LogP contribution in [0.15, 0.2) is 48.5 Å². The smallest absolute Gasteiger partial charge is 0.0643 e. The van der Waals surface area contributed by atoms with Gasteiger partial charge in [-0.2, -0.15) is 0 Å². The van der Waals surface area contributed by atoms with Crippen LogP contribution in [0.4, 0.5) is 5.69 Å². The first kappa shape index (κ1) is 14.9. The fourth-order valence-corrected chi connectivity index (χ4v) is 2.71. The van der Waals surface area contributed by atoms with Gasteiger partial charge in [0.05, 0.1) is 10.7 Å². The Labute approximate surface area is 126 Å². The van der Waals surface area contributed by atoms with E-state index < -0.39 is 0 Å². The Morgan fingerprint density at radius 1 is 1.05 bits per heavy atom. The van der Waals surface area contributed by atoms with E-state index in [9.17, 15) is 0 Å². The summed E-state index contributed by atoms with van der Waals surface area (Å²) >= 11 is 6.44. The van der Waals surface area contributed by atoms with Crippen molar-refractivity contribution < 1.29 is 0 Å². The van der Waals surface area contributed by atoms with Crippen molar-refractivity contribution in [2.24, 2.45) is 0 Å². The van der Waals surface area contributed by atoms with Crippen LogP contribution in [0.1, 0.15) is 18.1 Å². The molecule has 2 aromatic rings. The Hall–Kier alpha value is -1.51. The third kappa shape index (κ3) is 3.53. The lowest BCUT2D eigenvalue weighted by Gasteiger charge is -2.27. The predicted octanol–water partition coefficient (Wildman–Crippen LogP) is 4.09. The van der Waals surface area contributed by atoms with Crippen LogP contribution in [0.3, 0.4) is 0 Å². The van der Waals surface area contributed by atoms with Crippen molar-refractivity contribution in [2.45, 2.75) is 20.0 Å². The second kappa shape index (κ2) is 7.32. The molecule has 0 atom stereocenters. The van der Waals surface area contributed by atoms with E-state index in [4.69, 9.17) is 11.6 Å². The van der Waals surface area contributed by atoms with Gasteiger partial charge in [-0.3, -0.25) is 0 Å². The zero-order valence-corrected chi connectivity index (χ0v) is 12.8. The standard InChI is InChI=1S/C17H21ClN2/c1-3-20(13-14-8-5-4-6-9-14)17-15(12-19-2)10-7-11-16(17)18/h4-11,19H,3,12-13H2,1-2H3. The van der Waals surface area contributed by atoms with Crippen LogP contribution in [0.2, 0.25) is 5.02 Å². The highest BCUT2D eigenvalue weighted by molar-refractivity contribution is 6.33. The fraction of sp³-hybridized carbons (Fsp3) is 0.294. The molecule has 0 saturated carbocycles. The van der Waals surface area contributed by atoms with Crippen LogP contribution < -0.4 is 10.2 Å². The molecule has 0 aliphatic carbocycles. The number of rotatable bonds is 6. The number of anilines is 1. The van der Waals surface area contributed by atoms with Crippen LogP contribution >= 0.6 is 11.6 Å². The average Bonchev–Trinajstić information content (AvgIpc) is 2.47. The molecule has 2 aromatic carbocycles. The molecule has 0 aliphatic rings. The van der Waals surface area contributed by atoms with Crippen molar-refractivity contribution in [3.63, 3.8) is 0 Å². The molecular weight excluding hydrogens is 268 g/mol. The van der Waals surface area contributed by atoms with E-state index in [0.29, 0.717) is 0 Å². The Balaban J connectivity index is 2.31. The molecule has 2 rings (SSSR count). The first-order valence-electron chi connectivity index (χ1n) is 6.97. The molecular formula is C17H21ClN2. The van der Waals surface area contributed by atoms with E-state index >= 15 is 0 Å². The average molecular weight is 289 g/mol. The highest BCUT2D eigenvalue weighted by Crippen LogP contribution is 2.31. The van der Waals surface area contributed by atoms with E-state index in [1.807, 2.05) is 25.2 Å². The van der Waals surface area contributed by atoms with Crippen LogP contribution in [0, 0.1) is 0 Å². The second-order valence-electron chi connectivity index (χ2n) is 4.78. The summed E-state index contributed by atoms with van der Waals surface area (Å²) in [7, 11) is 1.96. The van der Waals surface area contributed by atoms with Gasteiger partial charge in [0.1, 0.15) is 0 Å². The van der Waals surface area contributed by atoms with Gasteiger partial charge in [-0.1, -0.05) is 54.1 Å². The summed E-state index contributed by atoms with van der Waals surface area (Å²) in [6.07, 6.45) is 0. The SMILES string of the molecule is CCN(Cc1ccccc1)c1c(Cl)cccc1CNC.